The molecule has 3 rings (SSSR count). The van der Waals surface area contributed by atoms with Crippen LogP contribution >= 0.6 is 12.2 Å². The van der Waals surface area contributed by atoms with Crippen LogP contribution in [-0.4, -0.2) is 18.4 Å². The van der Waals surface area contributed by atoms with Gasteiger partial charge in [0.25, 0.3) is 0 Å². The van der Waals surface area contributed by atoms with Gasteiger partial charge >= 0.3 is 0 Å². The van der Waals surface area contributed by atoms with E-state index in [4.69, 9.17) is 21.7 Å². The van der Waals surface area contributed by atoms with Gasteiger partial charge in [-0.05, 0) is 66.5 Å². The molecule has 30 heavy (non-hydrogen) atoms. The maximum Gasteiger partial charge on any atom is 0.191 e. The zero-order valence-electron chi connectivity index (χ0n) is 17.3. The molecule has 0 spiro atoms. The molecular formula is C24H25N3O2S. The molecule has 0 fully saturated rings. The number of hydrazone groups is 1. The van der Waals surface area contributed by atoms with E-state index in [2.05, 4.69) is 15.8 Å². The summed E-state index contributed by atoms with van der Waals surface area (Å²) >= 11 is 5.35. The molecule has 3 aromatic carbocycles. The highest BCUT2D eigenvalue weighted by Crippen LogP contribution is 2.28. The first-order chi connectivity index (χ1) is 14.6. The van der Waals surface area contributed by atoms with Gasteiger partial charge in [0, 0.05) is 5.69 Å². The number of hydrogen-bond acceptors (Lipinski definition) is 4. The Morgan fingerprint density at radius 2 is 1.70 bits per heavy atom. The minimum absolute atomic E-state index is 0.428. The summed E-state index contributed by atoms with van der Waals surface area (Å²) in [5.74, 6) is 1.32. The predicted octanol–water partition coefficient (Wildman–Crippen LogP) is 5.21. The maximum absolute atomic E-state index is 5.94. The fourth-order valence-corrected chi connectivity index (χ4v) is 3.10. The summed E-state index contributed by atoms with van der Waals surface area (Å²) in [6, 6.07) is 21.7. The number of aryl methyl sites for hydroxylation is 2. The molecule has 0 radical (unpaired) electrons. The Morgan fingerprint density at radius 3 is 2.40 bits per heavy atom. The summed E-state index contributed by atoms with van der Waals surface area (Å²) in [5, 5.41) is 7.86. The second-order valence-corrected chi connectivity index (χ2v) is 7.18. The molecule has 5 nitrogen and oxygen atoms in total. The number of rotatable bonds is 7. The van der Waals surface area contributed by atoms with E-state index in [1.54, 1.807) is 13.3 Å². The highest BCUT2D eigenvalue weighted by atomic mass is 32.1. The Labute approximate surface area is 182 Å². The van der Waals surface area contributed by atoms with Crippen LogP contribution in [0.4, 0.5) is 5.69 Å². The molecule has 0 amide bonds. The normalized spacial score (nSPS) is 10.6. The lowest BCUT2D eigenvalue weighted by Crippen LogP contribution is -2.24. The first-order valence-corrected chi connectivity index (χ1v) is 9.98. The number of benzene rings is 3. The average Bonchev–Trinajstić information content (AvgIpc) is 2.76. The quantitative estimate of drug-likeness (QED) is 0.313. The van der Waals surface area contributed by atoms with Crippen molar-refractivity contribution in [2.24, 2.45) is 5.10 Å². The van der Waals surface area contributed by atoms with Crippen molar-refractivity contribution in [2.75, 3.05) is 12.4 Å². The van der Waals surface area contributed by atoms with Crippen molar-refractivity contribution in [2.45, 2.75) is 20.5 Å². The molecule has 0 bridgehead atoms. The number of ether oxygens (including phenoxy) is 2. The number of hydrogen-bond donors (Lipinski definition) is 2. The smallest absolute Gasteiger partial charge is 0.191 e. The number of para-hydroxylation sites is 1. The van der Waals surface area contributed by atoms with E-state index >= 15 is 0 Å². The van der Waals surface area contributed by atoms with Crippen LogP contribution in [0.2, 0.25) is 0 Å². The van der Waals surface area contributed by atoms with E-state index in [1.165, 1.54) is 0 Å². The average molecular weight is 420 g/mol. The number of methoxy groups -OCH3 is 1. The topological polar surface area (TPSA) is 54.9 Å². The van der Waals surface area contributed by atoms with Crippen molar-refractivity contribution < 1.29 is 9.47 Å². The van der Waals surface area contributed by atoms with Gasteiger partial charge < -0.3 is 14.8 Å². The van der Waals surface area contributed by atoms with E-state index in [-0.39, 0.29) is 0 Å². The molecule has 0 atom stereocenters. The van der Waals surface area contributed by atoms with Crippen LogP contribution in [0.25, 0.3) is 0 Å². The van der Waals surface area contributed by atoms with Gasteiger partial charge in [-0.2, -0.15) is 5.10 Å². The molecule has 0 aromatic heterocycles. The summed E-state index contributed by atoms with van der Waals surface area (Å²) < 4.78 is 11.3. The molecule has 0 heterocycles. The van der Waals surface area contributed by atoms with E-state index < -0.39 is 0 Å². The minimum atomic E-state index is 0.428. The first-order valence-electron chi connectivity index (χ1n) is 9.58. The third kappa shape index (κ3) is 5.81. The Morgan fingerprint density at radius 1 is 0.967 bits per heavy atom. The monoisotopic (exact) mass is 419 g/mol. The lowest BCUT2D eigenvalue weighted by atomic mass is 10.1. The van der Waals surface area contributed by atoms with Crippen molar-refractivity contribution >= 4 is 29.2 Å². The number of anilines is 1. The highest BCUT2D eigenvalue weighted by molar-refractivity contribution is 7.80. The van der Waals surface area contributed by atoms with E-state index in [1.807, 2.05) is 80.6 Å². The maximum atomic E-state index is 5.94. The van der Waals surface area contributed by atoms with E-state index in [0.29, 0.717) is 23.2 Å². The molecule has 3 aromatic rings. The third-order valence-electron chi connectivity index (χ3n) is 4.52. The third-order valence-corrected chi connectivity index (χ3v) is 4.72. The fraction of sp³-hybridized carbons (Fsp3) is 0.167. The lowest BCUT2D eigenvalue weighted by molar-refractivity contribution is 0.284. The summed E-state index contributed by atoms with van der Waals surface area (Å²) in [7, 11) is 1.62. The molecule has 154 valence electrons. The number of nitrogens with one attached hydrogen (secondary N) is 2. The molecule has 0 saturated carbocycles. The Balaban J connectivity index is 1.62. The highest BCUT2D eigenvalue weighted by Gasteiger charge is 2.06. The molecule has 0 aliphatic heterocycles. The molecule has 6 heteroatoms. The van der Waals surface area contributed by atoms with Crippen molar-refractivity contribution in [3.63, 3.8) is 0 Å². The van der Waals surface area contributed by atoms with Crippen molar-refractivity contribution in [1.29, 1.82) is 0 Å². The summed E-state index contributed by atoms with van der Waals surface area (Å²) in [6.07, 6.45) is 1.69. The van der Waals surface area contributed by atoms with Gasteiger partial charge in [0.05, 0.1) is 13.3 Å². The zero-order chi connectivity index (χ0) is 21.3. The van der Waals surface area contributed by atoms with Crippen LogP contribution in [-0.2, 0) is 6.61 Å². The molecular weight excluding hydrogens is 394 g/mol. The van der Waals surface area contributed by atoms with Gasteiger partial charge in [-0.15, -0.1) is 0 Å². The SMILES string of the molecule is COc1ccc(/C=N\NC(=S)Nc2c(C)cccc2C)cc1OCc1ccccc1. The number of nitrogens with zero attached hydrogens (tertiary/aromatic N) is 1. The van der Waals surface area contributed by atoms with Crippen molar-refractivity contribution in [1.82, 2.24) is 5.43 Å². The molecule has 0 aliphatic rings. The fourth-order valence-electron chi connectivity index (χ4n) is 2.94. The summed E-state index contributed by atoms with van der Waals surface area (Å²) in [5.41, 5.74) is 8.05. The van der Waals surface area contributed by atoms with E-state index in [0.717, 1.165) is 27.9 Å². The van der Waals surface area contributed by atoms with Crippen molar-refractivity contribution in [3.8, 4) is 11.5 Å². The standard InChI is InChI=1S/C24H25N3O2S/c1-17-8-7-9-18(2)23(17)26-24(30)27-25-15-20-12-13-21(28-3)22(14-20)29-16-19-10-5-4-6-11-19/h4-15H,16H2,1-3H3,(H2,26,27,30)/b25-15-. The van der Waals surface area contributed by atoms with Gasteiger partial charge in [-0.1, -0.05) is 48.5 Å². The van der Waals surface area contributed by atoms with Gasteiger partial charge in [0.2, 0.25) is 0 Å². The van der Waals surface area contributed by atoms with Crippen LogP contribution in [0.5, 0.6) is 11.5 Å². The van der Waals surface area contributed by atoms with Crippen LogP contribution < -0.4 is 20.2 Å². The van der Waals surface area contributed by atoms with Crippen LogP contribution in [0.3, 0.4) is 0 Å². The van der Waals surface area contributed by atoms with Gasteiger partial charge in [0.1, 0.15) is 6.61 Å². The molecule has 0 saturated heterocycles. The second-order valence-electron chi connectivity index (χ2n) is 6.78. The van der Waals surface area contributed by atoms with Gasteiger partial charge in [-0.3, -0.25) is 5.43 Å². The van der Waals surface area contributed by atoms with Gasteiger partial charge in [0.15, 0.2) is 16.6 Å². The largest absolute Gasteiger partial charge is 0.493 e. The summed E-state index contributed by atoms with van der Waals surface area (Å²) in [6.45, 7) is 4.53. The van der Waals surface area contributed by atoms with Crippen LogP contribution in [0.1, 0.15) is 22.3 Å². The first kappa shape index (κ1) is 21.3. The molecule has 0 aliphatic carbocycles. The zero-order valence-corrected chi connectivity index (χ0v) is 18.1. The lowest BCUT2D eigenvalue weighted by Gasteiger charge is -2.13. The summed E-state index contributed by atoms with van der Waals surface area (Å²) in [4.78, 5) is 0. The molecule has 0 unspecified atom stereocenters. The van der Waals surface area contributed by atoms with Gasteiger partial charge in [-0.25, -0.2) is 0 Å². The van der Waals surface area contributed by atoms with Crippen molar-refractivity contribution in [3.05, 3.63) is 89.0 Å². The Kier molecular flexibility index (Phi) is 7.40. The minimum Gasteiger partial charge on any atom is -0.493 e. The Hall–Kier alpha value is -3.38. The van der Waals surface area contributed by atoms with Crippen LogP contribution in [0, 0.1) is 13.8 Å². The number of thiocarbonyl (C=S) groups is 1. The molecule has 2 N–H and O–H groups in total. The Bertz CT molecular complexity index is 1020. The van der Waals surface area contributed by atoms with E-state index in [9.17, 15) is 0 Å². The predicted molar refractivity (Wildman–Crippen MR) is 127 cm³/mol. The van der Waals surface area contributed by atoms with Crippen LogP contribution in [0.15, 0.2) is 71.8 Å². The second kappa shape index (κ2) is 10.4.